The molecule has 1 rings (SSSR count). The smallest absolute Gasteiger partial charge is 0.341 e. The van der Waals surface area contributed by atoms with Crippen molar-refractivity contribution in [2.24, 2.45) is 0 Å². The van der Waals surface area contributed by atoms with Crippen molar-refractivity contribution in [3.05, 3.63) is 46.5 Å². The minimum absolute atomic E-state index is 0.137. The molecular weight excluding hydrogens is 268 g/mol. The molecule has 0 amide bonds. The highest BCUT2D eigenvalue weighted by Crippen LogP contribution is 2.12. The summed E-state index contributed by atoms with van der Waals surface area (Å²) in [5, 5.41) is 0.498. The zero-order valence-electron chi connectivity index (χ0n) is 10.6. The van der Waals surface area contributed by atoms with E-state index in [1.165, 1.54) is 19.1 Å². The molecule has 0 atom stereocenters. The van der Waals surface area contributed by atoms with Gasteiger partial charge in [0.15, 0.2) is 11.6 Å². The maximum Gasteiger partial charge on any atom is 0.341 e. The molecule has 0 N–H and O–H groups in total. The van der Waals surface area contributed by atoms with E-state index in [0.717, 1.165) is 6.08 Å². The molecule has 19 heavy (non-hydrogen) atoms. The molecule has 0 heterocycles. The van der Waals surface area contributed by atoms with Crippen LogP contribution < -0.4 is 0 Å². The number of esters is 1. The maximum atomic E-state index is 11.9. The Labute approximate surface area is 116 Å². The number of allylic oxidation sites excluding steroid dienone is 1. The first-order chi connectivity index (χ1) is 8.95. The van der Waals surface area contributed by atoms with Crippen molar-refractivity contribution >= 4 is 29.1 Å². The van der Waals surface area contributed by atoms with Crippen molar-refractivity contribution in [2.75, 3.05) is 6.61 Å². The van der Waals surface area contributed by atoms with Crippen LogP contribution >= 0.6 is 11.6 Å². The van der Waals surface area contributed by atoms with E-state index in [1.54, 1.807) is 19.1 Å². The van der Waals surface area contributed by atoms with Crippen LogP contribution in [0.4, 0.5) is 0 Å². The Morgan fingerprint density at radius 2 is 1.79 bits per heavy atom. The van der Waals surface area contributed by atoms with E-state index in [4.69, 9.17) is 16.3 Å². The van der Waals surface area contributed by atoms with Crippen LogP contribution in [0.25, 0.3) is 0 Å². The normalized spacial score (nSPS) is 11.0. The van der Waals surface area contributed by atoms with E-state index in [0.29, 0.717) is 10.6 Å². The van der Waals surface area contributed by atoms with E-state index in [9.17, 15) is 14.4 Å². The van der Waals surface area contributed by atoms with Crippen molar-refractivity contribution in [3.63, 3.8) is 0 Å². The number of halogens is 1. The Balaban J connectivity index is 3.02. The van der Waals surface area contributed by atoms with Gasteiger partial charge in [-0.15, -0.1) is 0 Å². The molecule has 0 aliphatic heterocycles. The predicted octanol–water partition coefficient (Wildman–Crippen LogP) is 2.60. The third-order valence-electron chi connectivity index (χ3n) is 2.28. The number of hydrogen-bond donors (Lipinski definition) is 0. The van der Waals surface area contributed by atoms with Crippen LogP contribution in [-0.4, -0.2) is 24.1 Å². The van der Waals surface area contributed by atoms with E-state index in [2.05, 4.69) is 0 Å². The second-order valence-electron chi connectivity index (χ2n) is 3.71. The molecule has 4 nitrogen and oxygen atoms in total. The monoisotopic (exact) mass is 280 g/mol. The molecule has 0 radical (unpaired) electrons. The number of carbonyl (C=O) groups excluding carboxylic acids is 3. The summed E-state index contributed by atoms with van der Waals surface area (Å²) in [6.07, 6.45) is 0.990. The summed E-state index contributed by atoms with van der Waals surface area (Å²) < 4.78 is 4.72. The minimum Gasteiger partial charge on any atom is -0.462 e. The Kier molecular flexibility index (Phi) is 5.45. The standard InChI is InChI=1S/C14H13ClO4/c1-3-19-14(18)12(9(2)16)8-13(17)10-4-6-11(15)7-5-10/h4-8H,3H2,1-2H3. The average molecular weight is 281 g/mol. The topological polar surface area (TPSA) is 60.4 Å². The number of ether oxygens (including phenoxy) is 1. The van der Waals surface area contributed by atoms with Gasteiger partial charge in [0, 0.05) is 16.7 Å². The average Bonchev–Trinajstić information content (AvgIpc) is 2.36. The van der Waals surface area contributed by atoms with Crippen molar-refractivity contribution in [3.8, 4) is 0 Å². The quantitative estimate of drug-likeness (QED) is 0.273. The van der Waals surface area contributed by atoms with Crippen LogP contribution in [0.15, 0.2) is 35.9 Å². The van der Waals surface area contributed by atoms with Gasteiger partial charge in [0.05, 0.1) is 6.61 Å². The highest BCUT2D eigenvalue weighted by atomic mass is 35.5. The van der Waals surface area contributed by atoms with Gasteiger partial charge >= 0.3 is 5.97 Å². The van der Waals surface area contributed by atoms with Gasteiger partial charge in [-0.1, -0.05) is 11.6 Å². The van der Waals surface area contributed by atoms with Crippen LogP contribution in [0.1, 0.15) is 24.2 Å². The lowest BCUT2D eigenvalue weighted by molar-refractivity contribution is -0.139. The van der Waals surface area contributed by atoms with Crippen LogP contribution in [0.3, 0.4) is 0 Å². The van der Waals surface area contributed by atoms with Crippen LogP contribution in [0.5, 0.6) is 0 Å². The fourth-order valence-electron chi connectivity index (χ4n) is 1.34. The van der Waals surface area contributed by atoms with E-state index >= 15 is 0 Å². The lowest BCUT2D eigenvalue weighted by Crippen LogP contribution is -2.15. The van der Waals surface area contributed by atoms with Crippen LogP contribution in [0.2, 0.25) is 5.02 Å². The Morgan fingerprint density at radius 1 is 1.21 bits per heavy atom. The molecule has 5 heteroatoms. The van der Waals surface area contributed by atoms with Gasteiger partial charge in [0.1, 0.15) is 5.57 Å². The Bertz CT molecular complexity index is 529. The second-order valence-corrected chi connectivity index (χ2v) is 4.14. The molecule has 1 aromatic carbocycles. The molecule has 0 aliphatic carbocycles. The van der Waals surface area contributed by atoms with Gasteiger partial charge in [-0.05, 0) is 38.1 Å². The molecule has 0 fully saturated rings. The number of benzene rings is 1. The third-order valence-corrected chi connectivity index (χ3v) is 2.53. The van der Waals surface area contributed by atoms with Gasteiger partial charge in [0.25, 0.3) is 0 Å². The second kappa shape index (κ2) is 6.85. The van der Waals surface area contributed by atoms with Gasteiger partial charge in [-0.2, -0.15) is 0 Å². The number of Topliss-reactive ketones (excluding diaryl/α,β-unsaturated/α-hetero) is 1. The lowest BCUT2D eigenvalue weighted by atomic mass is 10.1. The summed E-state index contributed by atoms with van der Waals surface area (Å²) in [5.74, 6) is -1.76. The highest BCUT2D eigenvalue weighted by Gasteiger charge is 2.17. The minimum atomic E-state index is -0.794. The molecule has 0 unspecified atom stereocenters. The lowest BCUT2D eigenvalue weighted by Gasteiger charge is -2.03. The summed E-state index contributed by atoms with van der Waals surface area (Å²) in [6.45, 7) is 2.97. The fourth-order valence-corrected chi connectivity index (χ4v) is 1.47. The number of hydrogen-bond acceptors (Lipinski definition) is 4. The fraction of sp³-hybridized carbons (Fsp3) is 0.214. The molecule has 0 aliphatic rings. The predicted molar refractivity (Wildman–Crippen MR) is 71.2 cm³/mol. The van der Waals surface area contributed by atoms with Crippen LogP contribution in [0, 0.1) is 0 Å². The first-order valence-corrected chi connectivity index (χ1v) is 6.03. The van der Waals surface area contributed by atoms with E-state index in [1.807, 2.05) is 0 Å². The molecule has 100 valence electrons. The SMILES string of the molecule is CCOC(=O)C(=CC(=O)c1ccc(Cl)cc1)C(C)=O. The van der Waals surface area contributed by atoms with Gasteiger partial charge in [0.2, 0.25) is 0 Å². The zero-order chi connectivity index (χ0) is 14.4. The van der Waals surface area contributed by atoms with Crippen LogP contribution in [-0.2, 0) is 14.3 Å². The van der Waals surface area contributed by atoms with Crippen molar-refractivity contribution < 1.29 is 19.1 Å². The van der Waals surface area contributed by atoms with Gasteiger partial charge in [-0.25, -0.2) is 4.79 Å². The van der Waals surface area contributed by atoms with E-state index in [-0.39, 0.29) is 12.2 Å². The van der Waals surface area contributed by atoms with Gasteiger partial charge in [-0.3, -0.25) is 9.59 Å². The summed E-state index contributed by atoms with van der Waals surface area (Å²) >= 11 is 5.71. The Hall–Kier alpha value is -1.94. The number of ketones is 2. The summed E-state index contributed by atoms with van der Waals surface area (Å²) in [4.78, 5) is 34.8. The van der Waals surface area contributed by atoms with Crippen molar-refractivity contribution in [1.82, 2.24) is 0 Å². The third kappa shape index (κ3) is 4.34. The van der Waals surface area contributed by atoms with Crippen molar-refractivity contribution in [1.29, 1.82) is 0 Å². The molecular formula is C14H13ClO4. The molecule has 1 aromatic rings. The highest BCUT2D eigenvalue weighted by molar-refractivity contribution is 6.30. The molecule has 0 spiro atoms. The Morgan fingerprint density at radius 3 is 2.26 bits per heavy atom. The number of rotatable bonds is 5. The van der Waals surface area contributed by atoms with E-state index < -0.39 is 17.5 Å². The molecule has 0 aromatic heterocycles. The summed E-state index contributed by atoms with van der Waals surface area (Å²) in [6, 6.07) is 6.15. The zero-order valence-corrected chi connectivity index (χ0v) is 11.4. The number of carbonyl (C=O) groups is 3. The molecule has 0 saturated carbocycles. The largest absolute Gasteiger partial charge is 0.462 e. The molecule has 0 bridgehead atoms. The first kappa shape index (κ1) is 15.1. The maximum absolute atomic E-state index is 11.9. The molecule has 0 saturated heterocycles. The first-order valence-electron chi connectivity index (χ1n) is 5.65. The summed E-state index contributed by atoms with van der Waals surface area (Å²) in [5.41, 5.74) is 0.0780. The summed E-state index contributed by atoms with van der Waals surface area (Å²) in [7, 11) is 0. The van der Waals surface area contributed by atoms with Gasteiger partial charge < -0.3 is 4.74 Å². The van der Waals surface area contributed by atoms with Crippen molar-refractivity contribution in [2.45, 2.75) is 13.8 Å².